The van der Waals surface area contributed by atoms with Crippen molar-refractivity contribution in [3.63, 3.8) is 0 Å². The zero-order valence-corrected chi connectivity index (χ0v) is 14.1. The van der Waals surface area contributed by atoms with E-state index in [1.165, 1.54) is 5.56 Å². The van der Waals surface area contributed by atoms with Gasteiger partial charge in [0, 0.05) is 9.89 Å². The highest BCUT2D eigenvalue weighted by molar-refractivity contribution is 9.10. The van der Waals surface area contributed by atoms with Gasteiger partial charge in [-0.3, -0.25) is 4.57 Å². The summed E-state index contributed by atoms with van der Waals surface area (Å²) in [5, 5.41) is 8.64. The molecule has 0 N–H and O–H groups in total. The van der Waals surface area contributed by atoms with Crippen LogP contribution in [-0.4, -0.2) is 14.8 Å². The molecule has 2 aromatic rings. The molecule has 0 saturated heterocycles. The first kappa shape index (κ1) is 14.5. The summed E-state index contributed by atoms with van der Waals surface area (Å²) in [6.45, 7) is 10.4. The lowest BCUT2D eigenvalue weighted by Crippen LogP contribution is -2.19. The zero-order chi connectivity index (χ0) is 14.4. The monoisotopic (exact) mass is 341 g/mol. The summed E-state index contributed by atoms with van der Waals surface area (Å²) >= 11 is 9.86. The van der Waals surface area contributed by atoms with Crippen LogP contribution in [0.25, 0.3) is 5.69 Å². The van der Waals surface area contributed by atoms with E-state index >= 15 is 0 Å². The molecule has 2 rings (SSSR count). The Morgan fingerprint density at radius 1 is 1.16 bits per heavy atom. The van der Waals surface area contributed by atoms with Crippen molar-refractivity contribution in [3.8, 4) is 5.69 Å². The molecule has 0 bridgehead atoms. The second-order valence-corrected chi connectivity index (χ2v) is 6.98. The van der Waals surface area contributed by atoms with Gasteiger partial charge >= 0.3 is 0 Å². The first-order valence-corrected chi connectivity index (χ1v) is 7.27. The fourth-order valence-corrected chi connectivity index (χ4v) is 3.19. The highest BCUT2D eigenvalue weighted by Crippen LogP contribution is 2.33. The average Bonchev–Trinajstić information content (AvgIpc) is 2.59. The van der Waals surface area contributed by atoms with Crippen LogP contribution in [0.2, 0.25) is 5.28 Å². The van der Waals surface area contributed by atoms with Crippen LogP contribution in [0.3, 0.4) is 0 Å². The van der Waals surface area contributed by atoms with E-state index in [9.17, 15) is 0 Å². The van der Waals surface area contributed by atoms with Crippen LogP contribution in [0.15, 0.2) is 16.6 Å². The zero-order valence-electron chi connectivity index (χ0n) is 11.8. The Morgan fingerprint density at radius 2 is 1.79 bits per heavy atom. The van der Waals surface area contributed by atoms with Gasteiger partial charge in [0.25, 0.3) is 0 Å². The summed E-state index contributed by atoms with van der Waals surface area (Å²) < 4.78 is 2.91. The number of hydrogen-bond donors (Lipinski definition) is 0. The Bertz CT molecular complexity index is 603. The summed E-state index contributed by atoms with van der Waals surface area (Å²) in [5.74, 6) is 0.852. The molecule has 19 heavy (non-hydrogen) atoms. The maximum absolute atomic E-state index is 6.24. The van der Waals surface area contributed by atoms with Crippen LogP contribution >= 0.6 is 27.5 Å². The fourth-order valence-electron chi connectivity index (χ4n) is 2.14. The van der Waals surface area contributed by atoms with E-state index in [1.807, 2.05) is 4.57 Å². The summed E-state index contributed by atoms with van der Waals surface area (Å²) in [5.41, 5.74) is 3.22. The smallest absolute Gasteiger partial charge is 0.229 e. The van der Waals surface area contributed by atoms with Crippen molar-refractivity contribution in [1.82, 2.24) is 14.8 Å². The summed E-state index contributed by atoms with van der Waals surface area (Å²) in [7, 11) is 0. The number of halogens is 2. The van der Waals surface area contributed by atoms with E-state index in [4.69, 9.17) is 11.6 Å². The van der Waals surface area contributed by atoms with Crippen molar-refractivity contribution in [2.75, 3.05) is 0 Å². The number of hydrogen-bond acceptors (Lipinski definition) is 2. The normalized spacial score (nSPS) is 11.9. The second kappa shape index (κ2) is 4.91. The third kappa shape index (κ3) is 2.70. The summed E-state index contributed by atoms with van der Waals surface area (Å²) in [6.07, 6.45) is 0. The molecule has 0 spiro atoms. The molecule has 0 atom stereocenters. The highest BCUT2D eigenvalue weighted by atomic mass is 79.9. The van der Waals surface area contributed by atoms with E-state index in [1.54, 1.807) is 0 Å². The van der Waals surface area contributed by atoms with Gasteiger partial charge in [0.2, 0.25) is 5.28 Å². The first-order chi connectivity index (χ1) is 8.71. The van der Waals surface area contributed by atoms with Gasteiger partial charge in [-0.05, 0) is 58.6 Å². The van der Waals surface area contributed by atoms with Gasteiger partial charge in [-0.1, -0.05) is 26.8 Å². The third-order valence-electron chi connectivity index (χ3n) is 2.92. The lowest BCUT2D eigenvalue weighted by molar-refractivity contribution is 0.532. The van der Waals surface area contributed by atoms with E-state index in [0.29, 0.717) is 5.28 Å². The fraction of sp³-hybridized carbons (Fsp3) is 0.429. The van der Waals surface area contributed by atoms with E-state index in [-0.39, 0.29) is 5.41 Å². The largest absolute Gasteiger partial charge is 0.268 e. The van der Waals surface area contributed by atoms with E-state index < -0.39 is 0 Å². The molecule has 5 heteroatoms. The molecule has 0 unspecified atom stereocenters. The average molecular weight is 343 g/mol. The van der Waals surface area contributed by atoms with Crippen LogP contribution in [0.5, 0.6) is 0 Å². The number of nitrogens with zero attached hydrogens (tertiary/aromatic N) is 3. The predicted molar refractivity (Wildman–Crippen MR) is 82.2 cm³/mol. The van der Waals surface area contributed by atoms with Crippen molar-refractivity contribution in [2.45, 2.75) is 40.0 Å². The molecule has 0 radical (unpaired) electrons. The van der Waals surface area contributed by atoms with E-state index in [0.717, 1.165) is 21.5 Å². The minimum Gasteiger partial charge on any atom is -0.268 e. The van der Waals surface area contributed by atoms with Crippen molar-refractivity contribution in [2.24, 2.45) is 0 Å². The Kier molecular flexibility index (Phi) is 3.76. The molecule has 0 amide bonds. The van der Waals surface area contributed by atoms with E-state index in [2.05, 4.69) is 72.9 Å². The number of benzene rings is 1. The quantitative estimate of drug-likeness (QED) is 0.758. The Hall–Kier alpha value is -0.870. The van der Waals surface area contributed by atoms with Gasteiger partial charge in [-0.25, -0.2) is 0 Å². The summed E-state index contributed by atoms with van der Waals surface area (Å²) in [6, 6.07) is 4.20. The molecule has 1 aromatic carbocycles. The number of rotatable bonds is 1. The molecule has 0 aliphatic rings. The third-order valence-corrected chi connectivity index (χ3v) is 3.77. The van der Waals surface area contributed by atoms with Gasteiger partial charge in [0.1, 0.15) is 5.82 Å². The Morgan fingerprint density at radius 3 is 2.32 bits per heavy atom. The lowest BCUT2D eigenvalue weighted by Gasteiger charge is -2.21. The molecular formula is C14H17BrClN3. The van der Waals surface area contributed by atoms with Gasteiger partial charge in [-0.2, -0.15) is 0 Å². The van der Waals surface area contributed by atoms with Crippen LogP contribution in [0.4, 0.5) is 0 Å². The molecule has 0 saturated carbocycles. The second-order valence-electron chi connectivity index (χ2n) is 5.79. The van der Waals surface area contributed by atoms with Gasteiger partial charge in [-0.15, -0.1) is 10.2 Å². The minimum absolute atomic E-state index is 0.128. The van der Waals surface area contributed by atoms with Crippen molar-refractivity contribution >= 4 is 27.5 Å². The molecule has 1 heterocycles. The maximum Gasteiger partial charge on any atom is 0.229 e. The topological polar surface area (TPSA) is 30.7 Å². The van der Waals surface area contributed by atoms with Crippen LogP contribution in [-0.2, 0) is 5.41 Å². The lowest BCUT2D eigenvalue weighted by atomic mass is 9.95. The standard InChI is InChI=1S/C14H17BrClN3/c1-8-6-9(2)11(10(15)7-8)19-12(14(3,4)5)17-18-13(19)16/h6-7H,1-5H3. The molecule has 0 fully saturated rings. The molecule has 0 aliphatic heterocycles. The maximum atomic E-state index is 6.24. The first-order valence-electron chi connectivity index (χ1n) is 6.10. The van der Waals surface area contributed by atoms with Crippen LogP contribution < -0.4 is 0 Å². The van der Waals surface area contributed by atoms with Crippen LogP contribution in [0, 0.1) is 13.8 Å². The highest BCUT2D eigenvalue weighted by Gasteiger charge is 2.26. The number of aromatic nitrogens is 3. The van der Waals surface area contributed by atoms with Gasteiger partial charge < -0.3 is 0 Å². The predicted octanol–water partition coefficient (Wildman–Crippen LogP) is 4.60. The van der Waals surface area contributed by atoms with Crippen molar-refractivity contribution in [1.29, 1.82) is 0 Å². The molecule has 3 nitrogen and oxygen atoms in total. The van der Waals surface area contributed by atoms with Crippen molar-refractivity contribution in [3.05, 3.63) is 38.8 Å². The number of aryl methyl sites for hydroxylation is 2. The summed E-state index contributed by atoms with van der Waals surface area (Å²) in [4.78, 5) is 0. The molecule has 102 valence electrons. The van der Waals surface area contributed by atoms with Gasteiger partial charge in [0.15, 0.2) is 0 Å². The molecule has 1 aromatic heterocycles. The Labute approximate surface area is 127 Å². The minimum atomic E-state index is -0.128. The van der Waals surface area contributed by atoms with Crippen molar-refractivity contribution < 1.29 is 0 Å². The van der Waals surface area contributed by atoms with Gasteiger partial charge in [0.05, 0.1) is 5.69 Å². The van der Waals surface area contributed by atoms with Crippen LogP contribution in [0.1, 0.15) is 37.7 Å². The molecular weight excluding hydrogens is 326 g/mol. The SMILES string of the molecule is Cc1cc(C)c(-n2c(Cl)nnc2C(C)(C)C)c(Br)c1. The molecule has 0 aliphatic carbocycles. The Balaban J connectivity index is 2.77.